The van der Waals surface area contributed by atoms with Crippen molar-refractivity contribution in [2.75, 3.05) is 19.6 Å². The third kappa shape index (κ3) is 1.91. The van der Waals surface area contributed by atoms with Crippen molar-refractivity contribution in [2.24, 2.45) is 5.92 Å². The SMILES string of the molecule is Cc1cc(C(=O)N2CC[C@H]3CNC[C@H]32)ccc1Cl. The molecule has 1 N–H and O–H groups in total. The van der Waals surface area contributed by atoms with E-state index in [-0.39, 0.29) is 5.91 Å². The van der Waals surface area contributed by atoms with Gasteiger partial charge in [-0.05, 0) is 43.0 Å². The van der Waals surface area contributed by atoms with E-state index in [9.17, 15) is 4.79 Å². The summed E-state index contributed by atoms with van der Waals surface area (Å²) in [5, 5.41) is 4.08. The summed E-state index contributed by atoms with van der Waals surface area (Å²) in [6, 6.07) is 5.91. The van der Waals surface area contributed by atoms with Crippen LogP contribution in [0.2, 0.25) is 5.02 Å². The van der Waals surface area contributed by atoms with Crippen LogP contribution in [0.15, 0.2) is 18.2 Å². The lowest BCUT2D eigenvalue weighted by atomic mass is 10.0. The Morgan fingerprint density at radius 1 is 1.44 bits per heavy atom. The zero-order valence-corrected chi connectivity index (χ0v) is 11.2. The van der Waals surface area contributed by atoms with Gasteiger partial charge in [0.25, 0.3) is 5.91 Å². The van der Waals surface area contributed by atoms with Crippen molar-refractivity contribution in [1.82, 2.24) is 10.2 Å². The summed E-state index contributed by atoms with van der Waals surface area (Å²) in [7, 11) is 0. The predicted octanol–water partition coefficient (Wildman–Crippen LogP) is 2.08. The second-order valence-electron chi connectivity index (χ2n) is 5.24. The van der Waals surface area contributed by atoms with Crippen LogP contribution in [0, 0.1) is 12.8 Å². The third-order valence-electron chi connectivity index (χ3n) is 4.11. The van der Waals surface area contributed by atoms with Crippen LogP contribution >= 0.6 is 11.6 Å². The molecule has 0 unspecified atom stereocenters. The molecule has 3 nitrogen and oxygen atoms in total. The smallest absolute Gasteiger partial charge is 0.254 e. The summed E-state index contributed by atoms with van der Waals surface area (Å²) in [5.74, 6) is 0.785. The zero-order chi connectivity index (χ0) is 12.7. The summed E-state index contributed by atoms with van der Waals surface area (Å²) < 4.78 is 0. The van der Waals surface area contributed by atoms with Gasteiger partial charge >= 0.3 is 0 Å². The summed E-state index contributed by atoms with van der Waals surface area (Å²) in [5.41, 5.74) is 1.72. The van der Waals surface area contributed by atoms with E-state index in [1.54, 1.807) is 0 Å². The monoisotopic (exact) mass is 264 g/mol. The Labute approximate surface area is 112 Å². The lowest BCUT2D eigenvalue weighted by molar-refractivity contribution is 0.0737. The van der Waals surface area contributed by atoms with Crippen molar-refractivity contribution in [2.45, 2.75) is 19.4 Å². The average Bonchev–Trinajstić information content (AvgIpc) is 2.93. The number of nitrogens with zero attached hydrogens (tertiary/aromatic N) is 1. The second-order valence-corrected chi connectivity index (χ2v) is 5.64. The van der Waals surface area contributed by atoms with Gasteiger partial charge in [0, 0.05) is 36.3 Å². The molecule has 0 bridgehead atoms. The molecule has 2 aliphatic heterocycles. The summed E-state index contributed by atoms with van der Waals surface area (Å²) >= 11 is 6.00. The van der Waals surface area contributed by atoms with Crippen LogP contribution in [0.25, 0.3) is 0 Å². The summed E-state index contributed by atoms with van der Waals surface area (Å²) in [4.78, 5) is 14.5. The molecule has 1 aromatic rings. The summed E-state index contributed by atoms with van der Waals surface area (Å²) in [6.07, 6.45) is 1.12. The number of amides is 1. The quantitative estimate of drug-likeness (QED) is 0.842. The van der Waals surface area contributed by atoms with E-state index in [2.05, 4.69) is 5.32 Å². The topological polar surface area (TPSA) is 32.3 Å². The van der Waals surface area contributed by atoms with Crippen LogP contribution in [0.1, 0.15) is 22.3 Å². The Balaban J connectivity index is 1.84. The number of fused-ring (bicyclic) bond motifs is 1. The molecule has 2 atom stereocenters. The molecule has 0 aromatic heterocycles. The zero-order valence-electron chi connectivity index (χ0n) is 10.4. The third-order valence-corrected chi connectivity index (χ3v) is 4.54. The van der Waals surface area contributed by atoms with Gasteiger partial charge in [-0.3, -0.25) is 4.79 Å². The fourth-order valence-corrected chi connectivity index (χ4v) is 3.16. The first-order chi connectivity index (χ1) is 8.66. The van der Waals surface area contributed by atoms with Crippen molar-refractivity contribution in [3.8, 4) is 0 Å². The predicted molar refractivity (Wildman–Crippen MR) is 72.0 cm³/mol. The molecular weight excluding hydrogens is 248 g/mol. The Morgan fingerprint density at radius 3 is 3.06 bits per heavy atom. The number of hydrogen-bond acceptors (Lipinski definition) is 2. The molecular formula is C14H17ClN2O. The highest BCUT2D eigenvalue weighted by Crippen LogP contribution is 2.29. The van der Waals surface area contributed by atoms with Crippen LogP contribution in [0.4, 0.5) is 0 Å². The number of carbonyl (C=O) groups is 1. The van der Waals surface area contributed by atoms with Crippen LogP contribution in [0.5, 0.6) is 0 Å². The molecule has 0 saturated carbocycles. The number of carbonyl (C=O) groups excluding carboxylic acids is 1. The molecule has 2 saturated heterocycles. The van der Waals surface area contributed by atoms with Crippen molar-refractivity contribution in [3.05, 3.63) is 34.3 Å². The highest BCUT2D eigenvalue weighted by molar-refractivity contribution is 6.31. The lowest BCUT2D eigenvalue weighted by Crippen LogP contribution is -2.39. The van der Waals surface area contributed by atoms with Crippen LogP contribution in [-0.4, -0.2) is 36.5 Å². The Kier molecular flexibility index (Phi) is 3.04. The molecule has 2 fully saturated rings. The molecule has 18 heavy (non-hydrogen) atoms. The van der Waals surface area contributed by atoms with Gasteiger partial charge in [-0.25, -0.2) is 0 Å². The van der Waals surface area contributed by atoms with E-state index in [4.69, 9.17) is 11.6 Å². The fraction of sp³-hybridized carbons (Fsp3) is 0.500. The number of benzene rings is 1. The van der Waals surface area contributed by atoms with Gasteiger partial charge in [-0.2, -0.15) is 0 Å². The minimum absolute atomic E-state index is 0.144. The average molecular weight is 265 g/mol. The standard InChI is InChI=1S/C14H17ClN2O/c1-9-6-10(2-3-12(9)15)14(18)17-5-4-11-7-16-8-13(11)17/h2-3,6,11,13,16H,4-5,7-8H2,1H3/t11-,13+/m0/s1. The molecule has 0 aliphatic carbocycles. The largest absolute Gasteiger partial charge is 0.334 e. The van der Waals surface area contributed by atoms with Gasteiger partial charge in [-0.15, -0.1) is 0 Å². The molecule has 1 aromatic carbocycles. The van der Waals surface area contributed by atoms with Crippen molar-refractivity contribution < 1.29 is 4.79 Å². The van der Waals surface area contributed by atoms with Crippen LogP contribution in [0.3, 0.4) is 0 Å². The number of nitrogens with one attached hydrogen (secondary N) is 1. The van der Waals surface area contributed by atoms with E-state index in [0.717, 1.165) is 37.2 Å². The molecule has 4 heteroatoms. The van der Waals surface area contributed by atoms with Crippen molar-refractivity contribution in [1.29, 1.82) is 0 Å². The highest BCUT2D eigenvalue weighted by atomic mass is 35.5. The molecule has 1 amide bonds. The number of aryl methyl sites for hydroxylation is 1. The van der Waals surface area contributed by atoms with Gasteiger partial charge in [0.15, 0.2) is 0 Å². The molecule has 0 radical (unpaired) electrons. The van der Waals surface area contributed by atoms with E-state index in [0.29, 0.717) is 17.0 Å². The maximum Gasteiger partial charge on any atom is 0.254 e. The molecule has 0 spiro atoms. The van der Waals surface area contributed by atoms with Gasteiger partial charge < -0.3 is 10.2 Å². The first-order valence-electron chi connectivity index (χ1n) is 6.44. The van der Waals surface area contributed by atoms with Crippen molar-refractivity contribution >= 4 is 17.5 Å². The first-order valence-corrected chi connectivity index (χ1v) is 6.82. The maximum atomic E-state index is 12.5. The van der Waals surface area contributed by atoms with Crippen LogP contribution < -0.4 is 5.32 Å². The number of rotatable bonds is 1. The highest BCUT2D eigenvalue weighted by Gasteiger charge is 2.40. The maximum absolute atomic E-state index is 12.5. The summed E-state index contributed by atoms with van der Waals surface area (Å²) in [6.45, 7) is 4.80. The lowest BCUT2D eigenvalue weighted by Gasteiger charge is -2.23. The fourth-order valence-electron chi connectivity index (χ4n) is 3.04. The van der Waals surface area contributed by atoms with E-state index >= 15 is 0 Å². The second kappa shape index (κ2) is 4.56. The Hall–Kier alpha value is -1.06. The van der Waals surface area contributed by atoms with Gasteiger partial charge in [0.2, 0.25) is 0 Å². The Morgan fingerprint density at radius 2 is 2.28 bits per heavy atom. The number of likely N-dealkylation sites (tertiary alicyclic amines) is 1. The minimum atomic E-state index is 0.144. The molecule has 3 rings (SSSR count). The van der Waals surface area contributed by atoms with Gasteiger partial charge in [0.1, 0.15) is 0 Å². The Bertz CT molecular complexity index is 489. The normalized spacial score (nSPS) is 26.4. The van der Waals surface area contributed by atoms with E-state index in [1.807, 2.05) is 30.0 Å². The molecule has 96 valence electrons. The van der Waals surface area contributed by atoms with E-state index in [1.165, 1.54) is 0 Å². The number of hydrogen-bond donors (Lipinski definition) is 1. The van der Waals surface area contributed by atoms with E-state index < -0.39 is 0 Å². The number of halogens is 1. The first kappa shape index (κ1) is 12.0. The van der Waals surface area contributed by atoms with Gasteiger partial charge in [-0.1, -0.05) is 11.6 Å². The molecule has 2 heterocycles. The van der Waals surface area contributed by atoms with Gasteiger partial charge in [0.05, 0.1) is 0 Å². The molecule has 2 aliphatic rings. The van der Waals surface area contributed by atoms with Crippen molar-refractivity contribution in [3.63, 3.8) is 0 Å². The minimum Gasteiger partial charge on any atom is -0.334 e. The van der Waals surface area contributed by atoms with Crippen LogP contribution in [-0.2, 0) is 0 Å².